The summed E-state index contributed by atoms with van der Waals surface area (Å²) < 4.78 is 11.4. The molecule has 0 spiro atoms. The van der Waals surface area contributed by atoms with Gasteiger partial charge in [-0.05, 0) is 43.4 Å². The van der Waals surface area contributed by atoms with Gasteiger partial charge < -0.3 is 14.6 Å². The van der Waals surface area contributed by atoms with Crippen LogP contribution in [0.1, 0.15) is 44.1 Å². The first-order valence-electron chi connectivity index (χ1n) is 7.60. The van der Waals surface area contributed by atoms with Gasteiger partial charge in [-0.3, -0.25) is 4.79 Å². The summed E-state index contributed by atoms with van der Waals surface area (Å²) >= 11 is 0. The largest absolute Gasteiger partial charge is 0.493 e. The fourth-order valence-corrected chi connectivity index (χ4v) is 2.84. The summed E-state index contributed by atoms with van der Waals surface area (Å²) in [6, 6.07) is 5.42. The van der Waals surface area contributed by atoms with Crippen molar-refractivity contribution < 1.29 is 19.4 Å². The Bertz CT molecular complexity index is 567. The van der Waals surface area contributed by atoms with Gasteiger partial charge >= 0.3 is 5.97 Å². The zero-order chi connectivity index (χ0) is 16.1. The Hall–Kier alpha value is -2.15. The van der Waals surface area contributed by atoms with Crippen LogP contribution in [0.15, 0.2) is 18.2 Å². The molecule has 2 atom stereocenters. The number of rotatable bonds is 6. The molecule has 22 heavy (non-hydrogen) atoms. The van der Waals surface area contributed by atoms with E-state index in [1.807, 2.05) is 12.1 Å². The first-order chi connectivity index (χ1) is 10.6. The molecular formula is C18H22O4. The number of hydrogen-bond acceptors (Lipinski definition) is 3. The lowest BCUT2D eigenvalue weighted by Crippen LogP contribution is -2.18. The lowest BCUT2D eigenvalue weighted by molar-refractivity contribution is -0.141. The summed E-state index contributed by atoms with van der Waals surface area (Å²) in [6.07, 6.45) is 10.2. The molecule has 1 aromatic carbocycles. The second-order valence-electron chi connectivity index (χ2n) is 5.71. The normalized spacial score (nSPS) is 17.5. The Kier molecular flexibility index (Phi) is 5.32. The van der Waals surface area contributed by atoms with E-state index < -0.39 is 17.8 Å². The van der Waals surface area contributed by atoms with Gasteiger partial charge in [-0.2, -0.15) is 0 Å². The van der Waals surface area contributed by atoms with E-state index in [1.165, 1.54) is 12.8 Å². The number of hydrogen-bond donors (Lipinski definition) is 1. The van der Waals surface area contributed by atoms with Gasteiger partial charge in [-0.1, -0.05) is 18.9 Å². The van der Waals surface area contributed by atoms with E-state index >= 15 is 0 Å². The Morgan fingerprint density at radius 3 is 2.59 bits per heavy atom. The fourth-order valence-electron chi connectivity index (χ4n) is 2.84. The van der Waals surface area contributed by atoms with Crippen molar-refractivity contribution in [1.82, 2.24) is 0 Å². The third kappa shape index (κ3) is 3.54. The van der Waals surface area contributed by atoms with Gasteiger partial charge in [0.05, 0.1) is 25.0 Å². The third-order valence-corrected chi connectivity index (χ3v) is 4.21. The molecular weight excluding hydrogens is 280 g/mol. The minimum atomic E-state index is -0.906. The quantitative estimate of drug-likeness (QED) is 0.818. The summed E-state index contributed by atoms with van der Waals surface area (Å²) in [7, 11) is 1.59. The van der Waals surface area contributed by atoms with E-state index in [-0.39, 0.29) is 6.10 Å². The predicted molar refractivity (Wildman–Crippen MR) is 84.3 cm³/mol. The standard InChI is InChI=1S/C18H22O4/c1-4-15(12(2)18(19)20)13-9-10-16(21-3)17(11-13)22-14-7-5-6-8-14/h1,9-12,14-15H,5-8H2,2-3H3,(H,19,20)/t12-,15-/m1/s1. The van der Waals surface area contributed by atoms with E-state index in [0.717, 1.165) is 18.4 Å². The van der Waals surface area contributed by atoms with Crippen molar-refractivity contribution >= 4 is 5.97 Å². The van der Waals surface area contributed by atoms with Crippen LogP contribution in [-0.2, 0) is 4.79 Å². The van der Waals surface area contributed by atoms with Gasteiger partial charge in [0, 0.05) is 0 Å². The van der Waals surface area contributed by atoms with E-state index in [2.05, 4.69) is 5.92 Å². The molecule has 1 aromatic rings. The number of ether oxygens (including phenoxy) is 2. The molecule has 0 amide bonds. The highest BCUT2D eigenvalue weighted by Crippen LogP contribution is 2.35. The topological polar surface area (TPSA) is 55.8 Å². The van der Waals surface area contributed by atoms with Crippen LogP contribution in [0.5, 0.6) is 11.5 Å². The third-order valence-electron chi connectivity index (χ3n) is 4.21. The van der Waals surface area contributed by atoms with Crippen LogP contribution in [-0.4, -0.2) is 24.3 Å². The molecule has 0 saturated heterocycles. The molecule has 118 valence electrons. The van der Waals surface area contributed by atoms with Gasteiger partial charge in [-0.25, -0.2) is 0 Å². The number of carboxylic acids is 1. The molecule has 0 unspecified atom stereocenters. The van der Waals surface area contributed by atoms with Gasteiger partial charge in [0.15, 0.2) is 11.5 Å². The average Bonchev–Trinajstić information content (AvgIpc) is 3.01. The molecule has 1 aliphatic carbocycles. The minimum absolute atomic E-state index is 0.199. The molecule has 1 aliphatic rings. The first kappa shape index (κ1) is 16.2. The van der Waals surface area contributed by atoms with E-state index in [9.17, 15) is 9.90 Å². The number of carboxylic acid groups (broad SMARTS) is 1. The summed E-state index contributed by atoms with van der Waals surface area (Å²) in [5, 5.41) is 9.19. The van der Waals surface area contributed by atoms with Crippen molar-refractivity contribution in [2.75, 3.05) is 7.11 Å². The second-order valence-corrected chi connectivity index (χ2v) is 5.71. The Balaban J connectivity index is 2.28. The monoisotopic (exact) mass is 302 g/mol. The van der Waals surface area contributed by atoms with Crippen molar-refractivity contribution in [3.63, 3.8) is 0 Å². The van der Waals surface area contributed by atoms with Crippen LogP contribution < -0.4 is 9.47 Å². The molecule has 0 heterocycles. The SMILES string of the molecule is C#C[C@@H](c1ccc(OC)c(OC2CCCC2)c1)[C@@H](C)C(=O)O. The van der Waals surface area contributed by atoms with Gasteiger partial charge in [0.1, 0.15) is 0 Å². The molecule has 2 rings (SSSR count). The van der Waals surface area contributed by atoms with Crippen LogP contribution >= 0.6 is 0 Å². The molecule has 4 nitrogen and oxygen atoms in total. The summed E-state index contributed by atoms with van der Waals surface area (Å²) in [5.74, 6) is 1.82. The Morgan fingerprint density at radius 2 is 2.05 bits per heavy atom. The maximum absolute atomic E-state index is 11.2. The maximum Gasteiger partial charge on any atom is 0.307 e. The van der Waals surface area contributed by atoms with Crippen molar-refractivity contribution in [3.8, 4) is 23.8 Å². The predicted octanol–water partition coefficient (Wildman–Crippen LogP) is 3.45. The van der Waals surface area contributed by atoms with Crippen molar-refractivity contribution in [3.05, 3.63) is 23.8 Å². The number of aliphatic carboxylic acids is 1. The highest BCUT2D eigenvalue weighted by atomic mass is 16.5. The first-order valence-corrected chi connectivity index (χ1v) is 7.60. The summed E-state index contributed by atoms with van der Waals surface area (Å²) in [4.78, 5) is 11.2. The highest BCUT2D eigenvalue weighted by molar-refractivity contribution is 5.72. The molecule has 0 radical (unpaired) electrons. The zero-order valence-corrected chi connectivity index (χ0v) is 13.0. The van der Waals surface area contributed by atoms with Crippen LogP contribution in [0.3, 0.4) is 0 Å². The fraction of sp³-hybridized carbons (Fsp3) is 0.500. The lowest BCUT2D eigenvalue weighted by Gasteiger charge is -2.20. The Labute approximate surface area is 131 Å². The number of benzene rings is 1. The van der Waals surface area contributed by atoms with Crippen LogP contribution in [0.2, 0.25) is 0 Å². The van der Waals surface area contributed by atoms with Crippen LogP contribution in [0, 0.1) is 18.3 Å². The maximum atomic E-state index is 11.2. The molecule has 1 saturated carbocycles. The smallest absolute Gasteiger partial charge is 0.307 e. The molecule has 0 bridgehead atoms. The molecule has 0 aliphatic heterocycles. The van der Waals surface area contributed by atoms with Crippen LogP contribution in [0.4, 0.5) is 0 Å². The number of terminal acetylenes is 1. The lowest BCUT2D eigenvalue weighted by atomic mass is 9.88. The summed E-state index contributed by atoms with van der Waals surface area (Å²) in [5.41, 5.74) is 0.770. The number of carbonyl (C=O) groups is 1. The van der Waals surface area contributed by atoms with Gasteiger partial charge in [0.2, 0.25) is 0 Å². The molecule has 1 N–H and O–H groups in total. The zero-order valence-electron chi connectivity index (χ0n) is 13.0. The van der Waals surface area contributed by atoms with Gasteiger partial charge in [-0.15, -0.1) is 6.42 Å². The van der Waals surface area contributed by atoms with E-state index in [1.54, 1.807) is 20.1 Å². The van der Waals surface area contributed by atoms with Gasteiger partial charge in [0.25, 0.3) is 0 Å². The van der Waals surface area contributed by atoms with Crippen molar-refractivity contribution in [1.29, 1.82) is 0 Å². The summed E-state index contributed by atoms with van der Waals surface area (Å²) in [6.45, 7) is 1.62. The van der Waals surface area contributed by atoms with Crippen LogP contribution in [0.25, 0.3) is 0 Å². The van der Waals surface area contributed by atoms with E-state index in [0.29, 0.717) is 11.5 Å². The minimum Gasteiger partial charge on any atom is -0.493 e. The van der Waals surface area contributed by atoms with Crippen molar-refractivity contribution in [2.24, 2.45) is 5.92 Å². The molecule has 1 fully saturated rings. The second kappa shape index (κ2) is 7.22. The molecule has 0 aromatic heterocycles. The van der Waals surface area contributed by atoms with Crippen molar-refractivity contribution in [2.45, 2.75) is 44.6 Å². The average molecular weight is 302 g/mol. The highest BCUT2D eigenvalue weighted by Gasteiger charge is 2.25. The van der Waals surface area contributed by atoms with E-state index in [4.69, 9.17) is 15.9 Å². The number of methoxy groups -OCH3 is 1. The molecule has 4 heteroatoms. The Morgan fingerprint density at radius 1 is 1.36 bits per heavy atom.